The molecule has 0 heterocycles. The molecule has 2 heteroatoms. The molecule has 15 rings (SSSR count). The van der Waals surface area contributed by atoms with Gasteiger partial charge in [0.25, 0.3) is 0 Å². The lowest BCUT2D eigenvalue weighted by Gasteiger charge is -2.52. The first kappa shape index (κ1) is 33.5. The molecule has 2 nitrogen and oxygen atoms in total. The van der Waals surface area contributed by atoms with Gasteiger partial charge in [-0.2, -0.15) is 0 Å². The van der Waals surface area contributed by atoms with E-state index in [0.29, 0.717) is 0 Å². The molecule has 0 atom stereocenters. The number of anilines is 6. The van der Waals surface area contributed by atoms with Crippen LogP contribution in [0.25, 0.3) is 0 Å². The predicted octanol–water partition coefficient (Wildman–Crippen LogP) is 14.6. The first-order chi connectivity index (χ1) is 29.9. The maximum Gasteiger partial charge on any atom is 0.0552 e. The van der Waals surface area contributed by atoms with E-state index in [1.807, 2.05) is 0 Å². The molecule has 0 radical (unpaired) electrons. The van der Waals surface area contributed by atoms with Crippen molar-refractivity contribution in [1.29, 1.82) is 0 Å². The summed E-state index contributed by atoms with van der Waals surface area (Å²) in [4.78, 5) is 5.24. The molecule has 4 bridgehead atoms. The van der Waals surface area contributed by atoms with Gasteiger partial charge in [-0.1, -0.05) is 170 Å². The van der Waals surface area contributed by atoms with Crippen LogP contribution in [0.3, 0.4) is 0 Å². The van der Waals surface area contributed by atoms with E-state index < -0.39 is 0 Å². The average molecular weight is 765 g/mol. The minimum atomic E-state index is 0.0192. The van der Waals surface area contributed by atoms with Gasteiger partial charge in [-0.3, -0.25) is 0 Å². The van der Waals surface area contributed by atoms with Crippen molar-refractivity contribution >= 4 is 34.1 Å². The molecule has 0 saturated carbocycles. The van der Waals surface area contributed by atoms with E-state index in [4.69, 9.17) is 0 Å². The second-order valence-corrected chi connectivity index (χ2v) is 16.6. The van der Waals surface area contributed by atoms with Crippen molar-refractivity contribution in [2.75, 3.05) is 9.80 Å². The van der Waals surface area contributed by atoms with Gasteiger partial charge in [0.05, 0.1) is 11.4 Å². The third-order valence-electron chi connectivity index (χ3n) is 13.7. The highest BCUT2D eigenvalue weighted by Crippen LogP contribution is 2.69. The highest BCUT2D eigenvalue weighted by molar-refractivity contribution is 5.97. The van der Waals surface area contributed by atoms with E-state index in [1.54, 1.807) is 0 Å². The van der Waals surface area contributed by atoms with Crippen molar-refractivity contribution in [3.05, 3.63) is 285 Å². The Morgan fingerprint density at radius 2 is 0.367 bits per heavy atom. The molecule has 0 fully saturated rings. The molecule has 282 valence electrons. The molecule has 0 saturated heterocycles. The Kier molecular flexibility index (Phi) is 7.29. The smallest absolute Gasteiger partial charge is 0.0552 e. The molecule has 60 heavy (non-hydrogen) atoms. The summed E-state index contributed by atoms with van der Waals surface area (Å²) in [5.74, 6) is 0.0767. The van der Waals surface area contributed by atoms with Crippen LogP contribution in [-0.4, -0.2) is 0 Å². The normalized spacial score (nSPS) is 18.0. The number of hydrogen-bond donors (Lipinski definition) is 0. The Hall–Kier alpha value is -7.42. The summed E-state index contributed by atoms with van der Waals surface area (Å²) in [5, 5.41) is 0. The Balaban J connectivity index is 1.29. The van der Waals surface area contributed by atoms with E-state index >= 15 is 0 Å². The van der Waals surface area contributed by atoms with Gasteiger partial charge in [0, 0.05) is 46.4 Å². The molecule has 0 N–H and O–H groups in total. The molecule has 0 aromatic heterocycles. The molecule has 0 aliphatic heterocycles. The fraction of sp³-hybridized carbons (Fsp3) is 0.0690. The van der Waals surface area contributed by atoms with Gasteiger partial charge < -0.3 is 9.80 Å². The third-order valence-corrected chi connectivity index (χ3v) is 13.7. The second-order valence-electron chi connectivity index (χ2n) is 16.6. The number of para-hydroxylation sites is 4. The minimum Gasteiger partial charge on any atom is -0.310 e. The van der Waals surface area contributed by atoms with Gasteiger partial charge in [-0.15, -0.1) is 0 Å². The summed E-state index contributed by atoms with van der Waals surface area (Å²) >= 11 is 0. The number of benzene rings is 9. The van der Waals surface area contributed by atoms with Crippen LogP contribution in [0.1, 0.15) is 90.4 Å². The van der Waals surface area contributed by atoms with Gasteiger partial charge in [0.2, 0.25) is 0 Å². The van der Waals surface area contributed by atoms with E-state index in [-0.39, 0.29) is 23.7 Å². The molecule has 9 aromatic rings. The van der Waals surface area contributed by atoms with Gasteiger partial charge in [0.1, 0.15) is 0 Å². The summed E-state index contributed by atoms with van der Waals surface area (Å²) in [5.41, 5.74) is 24.2. The topological polar surface area (TPSA) is 6.48 Å². The summed E-state index contributed by atoms with van der Waals surface area (Å²) in [6.07, 6.45) is 0. The average Bonchev–Trinajstić information content (AvgIpc) is 3.33. The van der Waals surface area contributed by atoms with E-state index in [1.165, 1.54) is 78.1 Å². The van der Waals surface area contributed by atoms with Crippen LogP contribution in [0.4, 0.5) is 34.1 Å². The van der Waals surface area contributed by atoms with Crippen molar-refractivity contribution in [3.63, 3.8) is 0 Å². The molecular weight excluding hydrogens is 725 g/mol. The van der Waals surface area contributed by atoms with Crippen LogP contribution < -0.4 is 9.80 Å². The van der Waals surface area contributed by atoms with Crippen molar-refractivity contribution < 1.29 is 0 Å². The Bertz CT molecular complexity index is 2610. The van der Waals surface area contributed by atoms with Crippen molar-refractivity contribution in [3.8, 4) is 0 Å². The SMILES string of the molecule is c1ccc(N(c2ccccc2)c2c3c(c(N(c4ccccc4)c4ccccc4)c4c2C2c5ccccc5C4c4ccccc42)C2c4ccccc4C3c3ccccc32)cc1. The molecule has 6 aliphatic carbocycles. The molecule has 0 spiro atoms. The highest BCUT2D eigenvalue weighted by atomic mass is 15.2. The summed E-state index contributed by atoms with van der Waals surface area (Å²) in [6, 6.07) is 81.8. The third kappa shape index (κ3) is 4.59. The minimum absolute atomic E-state index is 0.0192. The zero-order valence-corrected chi connectivity index (χ0v) is 33.0. The molecule has 0 unspecified atom stereocenters. The Morgan fingerprint density at radius 3 is 0.550 bits per heavy atom. The van der Waals surface area contributed by atoms with Crippen LogP contribution in [0.5, 0.6) is 0 Å². The van der Waals surface area contributed by atoms with E-state index in [0.717, 1.165) is 22.7 Å². The largest absolute Gasteiger partial charge is 0.310 e. The van der Waals surface area contributed by atoms with Gasteiger partial charge >= 0.3 is 0 Å². The first-order valence-electron chi connectivity index (χ1n) is 21.3. The highest BCUT2D eigenvalue weighted by Gasteiger charge is 2.52. The van der Waals surface area contributed by atoms with Crippen LogP contribution in [0, 0.1) is 0 Å². The van der Waals surface area contributed by atoms with Crippen molar-refractivity contribution in [1.82, 2.24) is 0 Å². The van der Waals surface area contributed by atoms with Crippen LogP contribution >= 0.6 is 0 Å². The van der Waals surface area contributed by atoms with Crippen molar-refractivity contribution in [2.45, 2.75) is 23.7 Å². The fourth-order valence-corrected chi connectivity index (χ4v) is 11.6. The monoisotopic (exact) mass is 764 g/mol. The molecule has 9 aromatic carbocycles. The van der Waals surface area contributed by atoms with Crippen LogP contribution in [-0.2, 0) is 0 Å². The van der Waals surface area contributed by atoms with Crippen LogP contribution in [0.15, 0.2) is 218 Å². The van der Waals surface area contributed by atoms with Gasteiger partial charge in [-0.05, 0) is 115 Å². The zero-order chi connectivity index (χ0) is 39.3. The van der Waals surface area contributed by atoms with E-state index in [2.05, 4.69) is 228 Å². The van der Waals surface area contributed by atoms with Crippen molar-refractivity contribution in [2.24, 2.45) is 0 Å². The molecule has 6 aliphatic rings. The Morgan fingerprint density at radius 1 is 0.200 bits per heavy atom. The number of nitrogens with zero attached hydrogens (tertiary/aromatic N) is 2. The standard InChI is InChI=1S/C58H40N2/c1-5-21-37(22-6-1)59(38-23-7-2-8-24-38)57-53-49-41-29-13-17-33-45(41)51(46-34-18-14-30-42(46)49)55(53)58(60(39-25-9-3-10-26-39)40-27-11-4-12-28-40)56-52-47-35-19-15-31-43(47)50(54(56)57)44-32-16-20-36-48(44)52/h1-36,49-52H. The lowest BCUT2D eigenvalue weighted by molar-refractivity contribution is 0.716. The lowest BCUT2D eigenvalue weighted by atomic mass is 9.54. The van der Waals surface area contributed by atoms with E-state index in [9.17, 15) is 0 Å². The maximum atomic E-state index is 2.62. The number of hydrogen-bond acceptors (Lipinski definition) is 2. The predicted molar refractivity (Wildman–Crippen MR) is 245 cm³/mol. The zero-order valence-electron chi connectivity index (χ0n) is 33.0. The fourth-order valence-electron chi connectivity index (χ4n) is 11.6. The lowest BCUT2D eigenvalue weighted by Crippen LogP contribution is -2.37. The number of rotatable bonds is 6. The first-order valence-corrected chi connectivity index (χ1v) is 21.3. The Labute approximate surface area is 351 Å². The summed E-state index contributed by atoms with van der Waals surface area (Å²) in [7, 11) is 0. The molecular formula is C58H40N2. The summed E-state index contributed by atoms with van der Waals surface area (Å²) in [6.45, 7) is 0. The maximum absolute atomic E-state index is 2.62. The molecule has 0 amide bonds. The quantitative estimate of drug-likeness (QED) is 0.166. The second kappa shape index (κ2) is 13.0. The van der Waals surface area contributed by atoms with Crippen LogP contribution in [0.2, 0.25) is 0 Å². The summed E-state index contributed by atoms with van der Waals surface area (Å²) < 4.78 is 0. The van der Waals surface area contributed by atoms with Gasteiger partial charge in [-0.25, -0.2) is 0 Å². The van der Waals surface area contributed by atoms with Gasteiger partial charge in [0.15, 0.2) is 0 Å².